The number of amides is 1. The van der Waals surface area contributed by atoms with Gasteiger partial charge in [-0.15, -0.1) is 0 Å². The summed E-state index contributed by atoms with van der Waals surface area (Å²) in [5, 5.41) is 3.07. The van der Waals surface area contributed by atoms with Gasteiger partial charge in [0.1, 0.15) is 28.7 Å². The third kappa shape index (κ3) is 5.55. The Balaban J connectivity index is 2.03. The second-order valence-corrected chi connectivity index (χ2v) is 9.52. The van der Waals surface area contributed by atoms with Crippen LogP contribution in [-0.2, 0) is 14.8 Å². The summed E-state index contributed by atoms with van der Waals surface area (Å²) in [7, 11) is 0.150. The molecule has 1 amide bonds. The Morgan fingerprint density at radius 3 is 2.18 bits per heavy atom. The molecule has 0 radical (unpaired) electrons. The van der Waals surface area contributed by atoms with Gasteiger partial charge in [0, 0.05) is 5.02 Å². The Morgan fingerprint density at radius 2 is 1.56 bits per heavy atom. The number of hydrogen-bond acceptors (Lipinski definition) is 6. The molecule has 0 aliphatic heterocycles. The fraction of sp³-hybridized carbons (Fsp3) is 0.208. The summed E-state index contributed by atoms with van der Waals surface area (Å²) in [6, 6.07) is 15.9. The Labute approximate surface area is 204 Å². The summed E-state index contributed by atoms with van der Waals surface area (Å²) in [5.74, 6) is 0.506. The number of nitrogens with zero attached hydrogens (tertiary/aromatic N) is 1. The van der Waals surface area contributed by atoms with Crippen LogP contribution in [0, 0.1) is 6.92 Å². The molecule has 0 atom stereocenters. The lowest BCUT2D eigenvalue weighted by molar-refractivity contribution is -0.114. The van der Waals surface area contributed by atoms with Crippen LogP contribution in [0.15, 0.2) is 65.6 Å². The van der Waals surface area contributed by atoms with Gasteiger partial charge in [0.05, 0.1) is 32.7 Å². The van der Waals surface area contributed by atoms with Crippen molar-refractivity contribution in [3.05, 3.63) is 71.2 Å². The molecule has 0 spiro atoms. The van der Waals surface area contributed by atoms with E-state index in [1.807, 2.05) is 0 Å². The summed E-state index contributed by atoms with van der Waals surface area (Å²) in [4.78, 5) is 13.0. The minimum atomic E-state index is -4.20. The summed E-state index contributed by atoms with van der Waals surface area (Å²) in [5.41, 5.74) is 1.32. The first-order valence-corrected chi connectivity index (χ1v) is 12.0. The first-order valence-electron chi connectivity index (χ1n) is 10.1. The van der Waals surface area contributed by atoms with Crippen LogP contribution in [0.3, 0.4) is 0 Å². The lowest BCUT2D eigenvalue weighted by Crippen LogP contribution is -2.38. The Bertz CT molecular complexity index is 1280. The molecule has 0 fully saturated rings. The molecular formula is C24H25ClN2O6S. The number of halogens is 1. The van der Waals surface area contributed by atoms with Crippen LogP contribution in [0.25, 0.3) is 0 Å². The van der Waals surface area contributed by atoms with Gasteiger partial charge in [-0.25, -0.2) is 8.42 Å². The number of hydrogen-bond donors (Lipinski definition) is 1. The van der Waals surface area contributed by atoms with Crippen LogP contribution in [0.2, 0.25) is 5.02 Å². The number of aryl methyl sites for hydroxylation is 1. The smallest absolute Gasteiger partial charge is 0.268 e. The molecule has 1 N–H and O–H groups in total. The van der Waals surface area contributed by atoms with E-state index in [1.54, 1.807) is 55.5 Å². The normalized spacial score (nSPS) is 11.0. The fourth-order valence-electron chi connectivity index (χ4n) is 3.27. The van der Waals surface area contributed by atoms with Crippen molar-refractivity contribution in [1.29, 1.82) is 0 Å². The van der Waals surface area contributed by atoms with E-state index in [2.05, 4.69) is 5.32 Å². The summed E-state index contributed by atoms with van der Waals surface area (Å²) in [6.45, 7) is 1.26. The van der Waals surface area contributed by atoms with E-state index < -0.39 is 22.5 Å². The lowest BCUT2D eigenvalue weighted by atomic mass is 10.2. The zero-order valence-corrected chi connectivity index (χ0v) is 20.7. The highest BCUT2D eigenvalue weighted by molar-refractivity contribution is 7.93. The van der Waals surface area contributed by atoms with Crippen molar-refractivity contribution in [2.75, 3.05) is 37.5 Å². The van der Waals surface area contributed by atoms with Crippen LogP contribution >= 0.6 is 11.6 Å². The lowest BCUT2D eigenvalue weighted by Gasteiger charge is -2.25. The number of nitrogens with one attached hydrogen (secondary N) is 1. The molecule has 3 aromatic rings. The number of sulfonamides is 1. The van der Waals surface area contributed by atoms with Gasteiger partial charge in [-0.3, -0.25) is 9.10 Å². The monoisotopic (exact) mass is 504 g/mol. The van der Waals surface area contributed by atoms with E-state index in [0.29, 0.717) is 22.2 Å². The molecule has 0 aliphatic rings. The molecule has 8 nitrogen and oxygen atoms in total. The van der Waals surface area contributed by atoms with Crippen molar-refractivity contribution >= 4 is 38.9 Å². The molecular weight excluding hydrogens is 480 g/mol. The maximum absolute atomic E-state index is 13.8. The van der Waals surface area contributed by atoms with E-state index in [4.69, 9.17) is 25.8 Å². The maximum Gasteiger partial charge on any atom is 0.268 e. The molecule has 0 aromatic heterocycles. The first kappa shape index (κ1) is 25.2. The van der Waals surface area contributed by atoms with Gasteiger partial charge >= 0.3 is 0 Å². The largest absolute Gasteiger partial charge is 0.497 e. The molecule has 3 aromatic carbocycles. The molecule has 0 saturated carbocycles. The second kappa shape index (κ2) is 10.7. The van der Waals surface area contributed by atoms with Crippen LogP contribution in [0.5, 0.6) is 17.2 Å². The second-order valence-electron chi connectivity index (χ2n) is 7.26. The van der Waals surface area contributed by atoms with Crippen LogP contribution < -0.4 is 23.8 Å². The summed E-state index contributed by atoms with van der Waals surface area (Å²) >= 11 is 6.05. The fourth-order valence-corrected chi connectivity index (χ4v) is 5.10. The predicted molar refractivity (Wildman–Crippen MR) is 132 cm³/mol. The van der Waals surface area contributed by atoms with E-state index in [9.17, 15) is 13.2 Å². The van der Waals surface area contributed by atoms with Crippen molar-refractivity contribution in [3.63, 3.8) is 0 Å². The Morgan fingerprint density at radius 1 is 0.912 bits per heavy atom. The quantitative estimate of drug-likeness (QED) is 0.461. The van der Waals surface area contributed by atoms with E-state index in [0.717, 1.165) is 9.87 Å². The maximum atomic E-state index is 13.8. The Kier molecular flexibility index (Phi) is 7.90. The molecule has 0 unspecified atom stereocenters. The van der Waals surface area contributed by atoms with Crippen molar-refractivity contribution in [1.82, 2.24) is 0 Å². The third-order valence-corrected chi connectivity index (χ3v) is 7.00. The van der Waals surface area contributed by atoms with Crippen LogP contribution in [-0.4, -0.2) is 42.2 Å². The molecule has 0 aliphatic carbocycles. The molecule has 3 rings (SSSR count). The van der Waals surface area contributed by atoms with E-state index in [1.165, 1.54) is 33.5 Å². The summed E-state index contributed by atoms with van der Waals surface area (Å²) in [6.07, 6.45) is 0. The average Bonchev–Trinajstić information content (AvgIpc) is 2.82. The number of carbonyl (C=O) groups is 1. The zero-order valence-electron chi connectivity index (χ0n) is 19.2. The zero-order chi connectivity index (χ0) is 24.9. The van der Waals surface area contributed by atoms with Gasteiger partial charge in [-0.05, 0) is 67.1 Å². The van der Waals surface area contributed by atoms with Crippen LogP contribution in [0.4, 0.5) is 11.4 Å². The molecule has 180 valence electrons. The molecule has 0 bridgehead atoms. The van der Waals surface area contributed by atoms with Crippen molar-refractivity contribution < 1.29 is 27.4 Å². The van der Waals surface area contributed by atoms with E-state index in [-0.39, 0.29) is 16.3 Å². The number of anilines is 2. The van der Waals surface area contributed by atoms with Crippen molar-refractivity contribution in [3.8, 4) is 17.2 Å². The Hall–Kier alpha value is -3.43. The predicted octanol–water partition coefficient (Wildman–Crippen LogP) is 4.51. The number of rotatable bonds is 9. The van der Waals surface area contributed by atoms with Crippen LogP contribution in [0.1, 0.15) is 5.56 Å². The van der Waals surface area contributed by atoms with Gasteiger partial charge in [0.15, 0.2) is 0 Å². The number of ether oxygens (including phenoxy) is 3. The molecule has 10 heteroatoms. The summed E-state index contributed by atoms with van der Waals surface area (Å²) < 4.78 is 44.3. The van der Waals surface area contributed by atoms with Gasteiger partial charge in [-0.2, -0.15) is 0 Å². The first-order chi connectivity index (χ1) is 16.2. The topological polar surface area (TPSA) is 94.2 Å². The number of benzene rings is 3. The highest BCUT2D eigenvalue weighted by atomic mass is 35.5. The highest BCUT2D eigenvalue weighted by Crippen LogP contribution is 2.32. The molecule has 34 heavy (non-hydrogen) atoms. The van der Waals surface area contributed by atoms with Gasteiger partial charge in [0.25, 0.3) is 10.0 Å². The molecule has 0 heterocycles. The van der Waals surface area contributed by atoms with E-state index >= 15 is 0 Å². The van der Waals surface area contributed by atoms with Gasteiger partial charge < -0.3 is 19.5 Å². The SMILES string of the molecule is COc1ccc(N(CC(=O)Nc2cc(Cl)ccc2OC)S(=O)(=O)c2cc(C)ccc2OC)cc1. The number of carbonyl (C=O) groups excluding carboxylic acids is 1. The third-order valence-electron chi connectivity index (χ3n) is 4.97. The van der Waals surface area contributed by atoms with Gasteiger partial charge in [0.2, 0.25) is 5.91 Å². The minimum absolute atomic E-state index is 0.0565. The highest BCUT2D eigenvalue weighted by Gasteiger charge is 2.30. The van der Waals surface area contributed by atoms with Crippen molar-refractivity contribution in [2.45, 2.75) is 11.8 Å². The minimum Gasteiger partial charge on any atom is -0.497 e. The standard InChI is InChI=1S/C24H25ClN2O6S/c1-16-5-11-22(33-4)23(13-16)34(29,30)27(18-7-9-19(31-2)10-8-18)15-24(28)26-20-14-17(25)6-12-21(20)32-3/h5-14H,15H2,1-4H3,(H,26,28). The van der Waals surface area contributed by atoms with Gasteiger partial charge in [-0.1, -0.05) is 17.7 Å². The molecule has 0 saturated heterocycles. The number of methoxy groups -OCH3 is 3. The van der Waals surface area contributed by atoms with Crippen molar-refractivity contribution in [2.24, 2.45) is 0 Å². The average molecular weight is 505 g/mol.